The van der Waals surface area contributed by atoms with E-state index >= 15 is 0 Å². The van der Waals surface area contributed by atoms with Crippen LogP contribution in [0.2, 0.25) is 0 Å². The van der Waals surface area contributed by atoms with Gasteiger partial charge in [0.2, 0.25) is 0 Å². The fourth-order valence-electron chi connectivity index (χ4n) is 4.17. The Hall–Kier alpha value is -3.56. The molecule has 0 amide bonds. The lowest BCUT2D eigenvalue weighted by Crippen LogP contribution is -2.37. The third kappa shape index (κ3) is 6.61. The van der Waals surface area contributed by atoms with Crippen LogP contribution >= 0.6 is 11.8 Å². The number of pyridine rings is 1. The third-order valence-corrected chi connectivity index (χ3v) is 7.29. The molecule has 2 unspecified atom stereocenters. The van der Waals surface area contributed by atoms with Crippen molar-refractivity contribution in [3.8, 4) is 0 Å². The molecule has 0 spiro atoms. The summed E-state index contributed by atoms with van der Waals surface area (Å²) < 4.78 is 38.4. The summed E-state index contributed by atoms with van der Waals surface area (Å²) in [6, 6.07) is 14.7. The highest BCUT2D eigenvalue weighted by molar-refractivity contribution is 8.14. The van der Waals surface area contributed by atoms with Crippen LogP contribution < -0.4 is 16.8 Å². The molecule has 1 aliphatic rings. The minimum absolute atomic E-state index is 0.00151. The van der Waals surface area contributed by atoms with Gasteiger partial charge in [0.05, 0.1) is 16.9 Å². The number of thioether (sulfide) groups is 1. The summed E-state index contributed by atoms with van der Waals surface area (Å²) in [7, 11) is 0. The van der Waals surface area contributed by atoms with Gasteiger partial charge in [-0.1, -0.05) is 54.7 Å². The molecule has 4 rings (SSSR count). The van der Waals surface area contributed by atoms with E-state index in [-0.39, 0.29) is 17.3 Å². The lowest BCUT2D eigenvalue weighted by molar-refractivity contribution is -0.137. The predicted molar refractivity (Wildman–Crippen MR) is 146 cm³/mol. The van der Waals surface area contributed by atoms with Crippen LogP contribution in [-0.4, -0.2) is 22.7 Å². The van der Waals surface area contributed by atoms with Crippen LogP contribution in [0.25, 0.3) is 12.2 Å². The standard InChI is InChI=1S/C28H28F3N5S/c1-2-19-7-8-21(15-20(19)11-12-32)26-25(22-4-3-13-34-16-22)36-27(37-26)35-17-24(33)14-18-5-9-23(10-6-18)28(29,30)31/h2-13,15-16,24-26H,1,14,17,32-33H2,(H,35,36)/b12-11-/t24-,25?,26?/m0/s1. The van der Waals surface area contributed by atoms with Crippen molar-refractivity contribution in [2.75, 3.05) is 6.54 Å². The average Bonchev–Trinajstić information content (AvgIpc) is 3.32. The van der Waals surface area contributed by atoms with E-state index in [1.54, 1.807) is 24.0 Å². The van der Waals surface area contributed by atoms with Gasteiger partial charge in [0.25, 0.3) is 0 Å². The van der Waals surface area contributed by atoms with Crippen molar-refractivity contribution in [1.29, 1.82) is 0 Å². The monoisotopic (exact) mass is 523 g/mol. The molecule has 37 heavy (non-hydrogen) atoms. The Bertz CT molecular complexity index is 1270. The molecule has 3 atom stereocenters. The summed E-state index contributed by atoms with van der Waals surface area (Å²) >= 11 is 1.61. The van der Waals surface area contributed by atoms with E-state index in [1.807, 2.05) is 30.5 Å². The minimum Gasteiger partial charge on any atom is -0.405 e. The van der Waals surface area contributed by atoms with Crippen molar-refractivity contribution in [2.45, 2.75) is 29.9 Å². The van der Waals surface area contributed by atoms with Gasteiger partial charge in [0.1, 0.15) is 0 Å². The molecule has 0 saturated heterocycles. The van der Waals surface area contributed by atoms with Crippen LogP contribution in [0.3, 0.4) is 0 Å². The van der Waals surface area contributed by atoms with Gasteiger partial charge >= 0.3 is 6.18 Å². The van der Waals surface area contributed by atoms with Crippen LogP contribution in [-0.2, 0) is 12.6 Å². The third-order valence-electron chi connectivity index (χ3n) is 6.04. The number of hydrogen-bond acceptors (Lipinski definition) is 6. The lowest BCUT2D eigenvalue weighted by atomic mass is 9.96. The molecule has 1 aliphatic heterocycles. The van der Waals surface area contributed by atoms with Gasteiger partial charge < -0.3 is 16.8 Å². The van der Waals surface area contributed by atoms with E-state index in [1.165, 1.54) is 18.3 Å². The van der Waals surface area contributed by atoms with Gasteiger partial charge in [-0.25, -0.2) is 0 Å². The van der Waals surface area contributed by atoms with Crippen molar-refractivity contribution in [1.82, 2.24) is 10.3 Å². The number of benzene rings is 2. The molecular formula is C28H28F3N5S. The predicted octanol–water partition coefficient (Wildman–Crippen LogP) is 5.72. The molecule has 0 saturated carbocycles. The number of rotatable bonds is 8. The Morgan fingerprint density at radius 1 is 1.08 bits per heavy atom. The summed E-state index contributed by atoms with van der Waals surface area (Å²) in [5, 5.41) is 4.09. The van der Waals surface area contributed by atoms with Gasteiger partial charge in [-0.15, -0.1) is 0 Å². The number of hydrogen-bond donors (Lipinski definition) is 3. The average molecular weight is 524 g/mol. The fourth-order valence-corrected chi connectivity index (χ4v) is 5.39. The smallest absolute Gasteiger partial charge is 0.405 e. The minimum atomic E-state index is -4.35. The van der Waals surface area contributed by atoms with E-state index in [0.29, 0.717) is 13.0 Å². The lowest BCUT2D eigenvalue weighted by Gasteiger charge is -2.19. The molecule has 3 aromatic rings. The maximum atomic E-state index is 12.8. The van der Waals surface area contributed by atoms with Crippen molar-refractivity contribution < 1.29 is 13.2 Å². The number of alkyl halides is 3. The molecule has 1 aromatic heterocycles. The number of nitrogens with one attached hydrogen (secondary N) is 1. The molecule has 0 aliphatic carbocycles. The second kappa shape index (κ2) is 11.7. The quantitative estimate of drug-likeness (QED) is 0.352. The molecule has 0 bridgehead atoms. The Morgan fingerprint density at radius 3 is 2.51 bits per heavy atom. The maximum Gasteiger partial charge on any atom is 0.416 e. The largest absolute Gasteiger partial charge is 0.416 e. The van der Waals surface area contributed by atoms with Gasteiger partial charge in [0.15, 0.2) is 5.17 Å². The van der Waals surface area contributed by atoms with E-state index in [2.05, 4.69) is 29.0 Å². The molecule has 9 heteroatoms. The van der Waals surface area contributed by atoms with Gasteiger partial charge in [-0.3, -0.25) is 9.98 Å². The molecule has 2 aromatic carbocycles. The summed E-state index contributed by atoms with van der Waals surface area (Å²) in [5.74, 6) is 0. The molecule has 0 radical (unpaired) electrons. The second-order valence-corrected chi connectivity index (χ2v) is 9.83. The first-order valence-electron chi connectivity index (χ1n) is 11.7. The number of nitrogens with two attached hydrogens (primary N) is 2. The molecule has 0 fully saturated rings. The highest BCUT2D eigenvalue weighted by Crippen LogP contribution is 2.48. The van der Waals surface area contributed by atoms with E-state index in [9.17, 15) is 13.2 Å². The first kappa shape index (κ1) is 26.5. The summed E-state index contributed by atoms with van der Waals surface area (Å²) in [4.78, 5) is 9.21. The SMILES string of the molecule is C=Cc1ccc(C2SC(NC[C@@H](N)Cc3ccc(C(F)(F)F)cc3)=NC2c2cccnc2)cc1/C=C\N. The normalized spacial score (nSPS) is 18.5. The molecule has 2 heterocycles. The highest BCUT2D eigenvalue weighted by Gasteiger charge is 2.33. The number of aliphatic imine (C=N–C) groups is 1. The fraction of sp³-hybridized carbons (Fsp3) is 0.214. The van der Waals surface area contributed by atoms with Crippen LogP contribution in [0.1, 0.15) is 44.7 Å². The van der Waals surface area contributed by atoms with Crippen LogP contribution in [0.5, 0.6) is 0 Å². The molecule has 5 nitrogen and oxygen atoms in total. The zero-order valence-corrected chi connectivity index (χ0v) is 20.8. The van der Waals surface area contributed by atoms with Gasteiger partial charge in [0, 0.05) is 25.0 Å². The Kier molecular flexibility index (Phi) is 8.35. The number of aromatic nitrogens is 1. The molecular weight excluding hydrogens is 495 g/mol. The zero-order chi connectivity index (χ0) is 26.4. The molecule has 5 N–H and O–H groups in total. The topological polar surface area (TPSA) is 89.3 Å². The van der Waals surface area contributed by atoms with E-state index in [0.717, 1.165) is 45.1 Å². The number of halogens is 3. The first-order chi connectivity index (χ1) is 17.8. The van der Waals surface area contributed by atoms with Crippen molar-refractivity contribution in [2.24, 2.45) is 16.5 Å². The zero-order valence-electron chi connectivity index (χ0n) is 20.0. The Labute approximate surface area is 218 Å². The molecule has 192 valence electrons. The first-order valence-corrected chi connectivity index (χ1v) is 12.6. The second-order valence-electron chi connectivity index (χ2n) is 8.70. The van der Waals surface area contributed by atoms with E-state index < -0.39 is 11.7 Å². The summed E-state index contributed by atoms with van der Waals surface area (Å²) in [6.45, 7) is 4.31. The summed E-state index contributed by atoms with van der Waals surface area (Å²) in [5.41, 5.74) is 16.1. The highest BCUT2D eigenvalue weighted by atomic mass is 32.2. The van der Waals surface area contributed by atoms with Crippen LogP contribution in [0.15, 0.2) is 84.8 Å². The van der Waals surface area contributed by atoms with Crippen LogP contribution in [0, 0.1) is 0 Å². The Morgan fingerprint density at radius 2 is 1.86 bits per heavy atom. The summed E-state index contributed by atoms with van der Waals surface area (Å²) in [6.07, 6.45) is 4.78. The van der Waals surface area contributed by atoms with Gasteiger partial charge in [-0.2, -0.15) is 13.2 Å². The number of nitrogens with zero attached hydrogens (tertiary/aromatic N) is 2. The maximum absolute atomic E-state index is 12.8. The van der Waals surface area contributed by atoms with Crippen molar-refractivity contribution >= 4 is 29.1 Å². The van der Waals surface area contributed by atoms with Crippen molar-refractivity contribution in [3.63, 3.8) is 0 Å². The Balaban J connectivity index is 1.48. The number of amidine groups is 1. The van der Waals surface area contributed by atoms with Crippen molar-refractivity contribution in [3.05, 3.63) is 113 Å². The van der Waals surface area contributed by atoms with E-state index in [4.69, 9.17) is 16.5 Å². The van der Waals surface area contributed by atoms with Gasteiger partial charge in [-0.05, 0) is 70.8 Å². The van der Waals surface area contributed by atoms with Crippen LogP contribution in [0.4, 0.5) is 13.2 Å².